The highest BCUT2D eigenvalue weighted by molar-refractivity contribution is 5.80. The van der Waals surface area contributed by atoms with Gasteiger partial charge in [0.1, 0.15) is 0 Å². The van der Waals surface area contributed by atoms with Gasteiger partial charge in [0.2, 0.25) is 5.88 Å². The molecule has 0 atom stereocenters. The van der Waals surface area contributed by atoms with Gasteiger partial charge in [0.15, 0.2) is 5.96 Å². The largest absolute Gasteiger partial charge is 0.481 e. The molecule has 0 aromatic carbocycles. The van der Waals surface area contributed by atoms with Crippen LogP contribution in [-0.2, 0) is 6.42 Å². The lowest BCUT2D eigenvalue weighted by atomic mass is 10.2. The third-order valence-electron chi connectivity index (χ3n) is 2.56. The number of pyridine rings is 1. The molecule has 92 valence electrons. The van der Waals surface area contributed by atoms with Gasteiger partial charge in [0.25, 0.3) is 0 Å². The Kier molecular flexibility index (Phi) is 4.18. The van der Waals surface area contributed by atoms with Crippen molar-refractivity contribution in [3.8, 4) is 5.88 Å². The van der Waals surface area contributed by atoms with Gasteiger partial charge in [0.05, 0.1) is 7.11 Å². The zero-order valence-corrected chi connectivity index (χ0v) is 10.1. The number of aromatic nitrogens is 1. The minimum atomic E-state index is 0.663. The van der Waals surface area contributed by atoms with Crippen LogP contribution >= 0.6 is 0 Å². The SMILES string of the molecule is COc1cccc(CCNC2=NCCCN2)n1. The van der Waals surface area contributed by atoms with Crippen molar-refractivity contribution < 1.29 is 4.74 Å². The van der Waals surface area contributed by atoms with E-state index in [1.54, 1.807) is 7.11 Å². The molecular weight excluding hydrogens is 216 g/mol. The molecule has 5 heteroatoms. The number of guanidine groups is 1. The molecule has 1 aliphatic rings. The van der Waals surface area contributed by atoms with Crippen LogP contribution in [0.5, 0.6) is 5.88 Å². The molecule has 2 rings (SSSR count). The first-order valence-corrected chi connectivity index (χ1v) is 5.90. The van der Waals surface area contributed by atoms with E-state index in [9.17, 15) is 0 Å². The van der Waals surface area contributed by atoms with Crippen LogP contribution in [-0.4, -0.2) is 37.7 Å². The third kappa shape index (κ3) is 3.62. The van der Waals surface area contributed by atoms with E-state index in [2.05, 4.69) is 20.6 Å². The number of rotatable bonds is 4. The van der Waals surface area contributed by atoms with Crippen molar-refractivity contribution in [3.05, 3.63) is 23.9 Å². The molecule has 0 saturated carbocycles. The first-order valence-electron chi connectivity index (χ1n) is 5.90. The smallest absolute Gasteiger partial charge is 0.213 e. The van der Waals surface area contributed by atoms with E-state index in [1.165, 1.54) is 0 Å². The molecule has 0 aliphatic carbocycles. The van der Waals surface area contributed by atoms with E-state index in [4.69, 9.17) is 4.74 Å². The Hall–Kier alpha value is -1.78. The predicted octanol–water partition coefficient (Wildman–Crippen LogP) is 0.572. The highest BCUT2D eigenvalue weighted by Gasteiger charge is 2.03. The molecule has 0 unspecified atom stereocenters. The Morgan fingerprint density at radius 3 is 3.18 bits per heavy atom. The average Bonchev–Trinajstić information content (AvgIpc) is 2.40. The maximum Gasteiger partial charge on any atom is 0.213 e. The highest BCUT2D eigenvalue weighted by atomic mass is 16.5. The molecule has 0 bridgehead atoms. The Balaban J connectivity index is 1.79. The lowest BCUT2D eigenvalue weighted by molar-refractivity contribution is 0.396. The standard InChI is InChI=1S/C12H18N4O/c1-17-11-5-2-4-10(16-11)6-9-15-12-13-7-3-8-14-12/h2,4-5H,3,6-9H2,1H3,(H2,13,14,15). The summed E-state index contributed by atoms with van der Waals surface area (Å²) < 4.78 is 5.08. The molecule has 1 aromatic heterocycles. The summed E-state index contributed by atoms with van der Waals surface area (Å²) in [4.78, 5) is 8.70. The molecule has 2 N–H and O–H groups in total. The van der Waals surface area contributed by atoms with E-state index < -0.39 is 0 Å². The number of nitrogens with zero attached hydrogens (tertiary/aromatic N) is 2. The first kappa shape index (κ1) is 11.7. The van der Waals surface area contributed by atoms with Crippen LogP contribution in [0, 0.1) is 0 Å². The summed E-state index contributed by atoms with van der Waals surface area (Å²) in [6, 6.07) is 5.81. The van der Waals surface area contributed by atoms with Crippen molar-refractivity contribution >= 4 is 5.96 Å². The van der Waals surface area contributed by atoms with Crippen LogP contribution in [0.25, 0.3) is 0 Å². The number of nitrogens with one attached hydrogen (secondary N) is 2. The van der Waals surface area contributed by atoms with E-state index in [-0.39, 0.29) is 0 Å². The fourth-order valence-corrected chi connectivity index (χ4v) is 1.67. The molecule has 1 aromatic rings. The summed E-state index contributed by atoms with van der Waals surface area (Å²) >= 11 is 0. The number of ether oxygens (including phenoxy) is 1. The van der Waals surface area contributed by atoms with Gasteiger partial charge >= 0.3 is 0 Å². The molecule has 5 nitrogen and oxygen atoms in total. The fourth-order valence-electron chi connectivity index (χ4n) is 1.67. The minimum Gasteiger partial charge on any atom is -0.481 e. The Morgan fingerprint density at radius 2 is 2.41 bits per heavy atom. The summed E-state index contributed by atoms with van der Waals surface area (Å²) in [5.41, 5.74) is 1.02. The van der Waals surface area contributed by atoms with Gasteiger partial charge in [-0.3, -0.25) is 4.99 Å². The van der Waals surface area contributed by atoms with Crippen LogP contribution in [0.4, 0.5) is 0 Å². The lowest BCUT2D eigenvalue weighted by Crippen LogP contribution is -2.41. The molecule has 17 heavy (non-hydrogen) atoms. The van der Waals surface area contributed by atoms with Crippen molar-refractivity contribution in [2.75, 3.05) is 26.7 Å². The molecule has 0 saturated heterocycles. The molecule has 0 radical (unpaired) electrons. The van der Waals surface area contributed by atoms with E-state index >= 15 is 0 Å². The quantitative estimate of drug-likeness (QED) is 0.799. The maximum absolute atomic E-state index is 5.08. The van der Waals surface area contributed by atoms with Crippen molar-refractivity contribution in [2.45, 2.75) is 12.8 Å². The summed E-state index contributed by atoms with van der Waals surface area (Å²) in [6.07, 6.45) is 1.97. The van der Waals surface area contributed by atoms with Gasteiger partial charge in [-0.2, -0.15) is 0 Å². The van der Waals surface area contributed by atoms with Gasteiger partial charge in [-0.15, -0.1) is 0 Å². The number of methoxy groups -OCH3 is 1. The maximum atomic E-state index is 5.08. The topological polar surface area (TPSA) is 58.5 Å². The van der Waals surface area contributed by atoms with Gasteiger partial charge < -0.3 is 15.4 Å². The molecule has 0 spiro atoms. The number of hydrogen-bond acceptors (Lipinski definition) is 5. The molecule has 1 aliphatic heterocycles. The van der Waals surface area contributed by atoms with Crippen molar-refractivity contribution in [2.24, 2.45) is 4.99 Å². The minimum absolute atomic E-state index is 0.663. The van der Waals surface area contributed by atoms with Crippen LogP contribution in [0.15, 0.2) is 23.2 Å². The lowest BCUT2D eigenvalue weighted by Gasteiger charge is -2.15. The summed E-state index contributed by atoms with van der Waals surface area (Å²) in [5.74, 6) is 1.56. The van der Waals surface area contributed by atoms with E-state index in [0.717, 1.165) is 44.1 Å². The number of aliphatic imine (C=N–C) groups is 1. The summed E-state index contributed by atoms with van der Waals surface area (Å²) in [7, 11) is 1.63. The molecule has 0 fully saturated rings. The second kappa shape index (κ2) is 6.08. The summed E-state index contributed by atoms with van der Waals surface area (Å²) in [5, 5.41) is 6.49. The monoisotopic (exact) mass is 234 g/mol. The second-order valence-corrected chi connectivity index (χ2v) is 3.86. The molecule has 0 amide bonds. The first-order chi connectivity index (χ1) is 8.38. The number of hydrogen-bond donors (Lipinski definition) is 2. The van der Waals surface area contributed by atoms with Gasteiger partial charge in [-0.25, -0.2) is 4.98 Å². The van der Waals surface area contributed by atoms with Gasteiger partial charge in [-0.1, -0.05) is 6.07 Å². The summed E-state index contributed by atoms with van der Waals surface area (Å²) in [6.45, 7) is 2.74. The van der Waals surface area contributed by atoms with E-state index in [1.807, 2.05) is 18.2 Å². The second-order valence-electron chi connectivity index (χ2n) is 3.86. The van der Waals surface area contributed by atoms with Crippen LogP contribution < -0.4 is 15.4 Å². The average molecular weight is 234 g/mol. The van der Waals surface area contributed by atoms with Crippen LogP contribution in [0.2, 0.25) is 0 Å². The Morgan fingerprint density at radius 1 is 1.47 bits per heavy atom. The molecule has 2 heterocycles. The van der Waals surface area contributed by atoms with Crippen molar-refractivity contribution in [1.29, 1.82) is 0 Å². The van der Waals surface area contributed by atoms with Crippen molar-refractivity contribution in [3.63, 3.8) is 0 Å². The Labute approximate surface area is 101 Å². The zero-order valence-electron chi connectivity index (χ0n) is 10.1. The highest BCUT2D eigenvalue weighted by Crippen LogP contribution is 2.06. The predicted molar refractivity (Wildman–Crippen MR) is 67.4 cm³/mol. The third-order valence-corrected chi connectivity index (χ3v) is 2.56. The van der Waals surface area contributed by atoms with Gasteiger partial charge in [-0.05, 0) is 12.5 Å². The van der Waals surface area contributed by atoms with Gasteiger partial charge in [0, 0.05) is 37.8 Å². The normalized spacial score (nSPS) is 14.8. The van der Waals surface area contributed by atoms with Crippen LogP contribution in [0.1, 0.15) is 12.1 Å². The zero-order chi connectivity index (χ0) is 11.9. The molecular formula is C12H18N4O. The fraction of sp³-hybridized carbons (Fsp3) is 0.500. The van der Waals surface area contributed by atoms with Crippen LogP contribution in [0.3, 0.4) is 0 Å². The van der Waals surface area contributed by atoms with Crippen molar-refractivity contribution in [1.82, 2.24) is 15.6 Å². The Bertz CT molecular complexity index is 392. The van der Waals surface area contributed by atoms with E-state index in [0.29, 0.717) is 5.88 Å².